The summed E-state index contributed by atoms with van der Waals surface area (Å²) in [5.41, 5.74) is 0.821. The zero-order chi connectivity index (χ0) is 21.1. The molecule has 0 unspecified atom stereocenters. The normalized spacial score (nSPS) is 10.1. The Morgan fingerprint density at radius 3 is 2.28 bits per heavy atom. The van der Waals surface area contributed by atoms with Crippen LogP contribution in [0.5, 0.6) is 5.75 Å². The van der Waals surface area contributed by atoms with Crippen LogP contribution in [0.3, 0.4) is 0 Å². The predicted octanol–water partition coefficient (Wildman–Crippen LogP) is 3.34. The molecule has 154 valence electrons. The lowest BCUT2D eigenvalue weighted by Gasteiger charge is -2.08. The Morgan fingerprint density at radius 2 is 1.62 bits per heavy atom. The zero-order valence-corrected chi connectivity index (χ0v) is 16.0. The van der Waals surface area contributed by atoms with E-state index in [1.807, 2.05) is 6.92 Å². The minimum atomic E-state index is -0.741. The number of rotatable bonds is 10. The Morgan fingerprint density at radius 1 is 0.931 bits per heavy atom. The largest absolute Gasteiger partial charge is 0.482 e. The molecule has 0 aromatic heterocycles. The van der Waals surface area contributed by atoms with Crippen LogP contribution >= 0.6 is 0 Å². The molecule has 2 rings (SSSR count). The van der Waals surface area contributed by atoms with E-state index < -0.39 is 36.9 Å². The Labute approximate surface area is 167 Å². The van der Waals surface area contributed by atoms with Gasteiger partial charge in [0.15, 0.2) is 13.2 Å². The molecule has 0 aliphatic heterocycles. The Kier molecular flexibility index (Phi) is 8.62. The van der Waals surface area contributed by atoms with Crippen LogP contribution in [0, 0.1) is 5.82 Å². The molecule has 0 radical (unpaired) electrons. The van der Waals surface area contributed by atoms with Gasteiger partial charge in [0.2, 0.25) is 0 Å². The highest BCUT2D eigenvalue weighted by atomic mass is 19.1. The molecule has 2 aromatic carbocycles. The van der Waals surface area contributed by atoms with Crippen molar-refractivity contribution in [3.8, 4) is 5.75 Å². The molecule has 0 aliphatic carbocycles. The third-order valence-corrected chi connectivity index (χ3v) is 3.67. The van der Waals surface area contributed by atoms with E-state index in [1.165, 1.54) is 36.4 Å². The van der Waals surface area contributed by atoms with Gasteiger partial charge in [0, 0.05) is 5.69 Å². The van der Waals surface area contributed by atoms with Gasteiger partial charge in [-0.3, -0.25) is 4.79 Å². The lowest BCUT2D eigenvalue weighted by atomic mass is 10.2. The first-order valence-electron chi connectivity index (χ1n) is 9.09. The highest BCUT2D eigenvalue weighted by Gasteiger charge is 2.10. The summed E-state index contributed by atoms with van der Waals surface area (Å²) in [7, 11) is 0. The summed E-state index contributed by atoms with van der Waals surface area (Å²) in [5.74, 6) is -1.82. The summed E-state index contributed by atoms with van der Waals surface area (Å²) in [5, 5.41) is 2.54. The van der Waals surface area contributed by atoms with Crippen LogP contribution in [0.1, 0.15) is 30.1 Å². The highest BCUT2D eigenvalue weighted by Crippen LogP contribution is 2.12. The molecular formula is C21H22FNO6. The number of benzene rings is 2. The maximum absolute atomic E-state index is 12.8. The molecule has 0 aliphatic rings. The van der Waals surface area contributed by atoms with Crippen molar-refractivity contribution in [2.45, 2.75) is 19.8 Å². The predicted molar refractivity (Wildman–Crippen MR) is 103 cm³/mol. The van der Waals surface area contributed by atoms with E-state index in [4.69, 9.17) is 14.2 Å². The number of unbranched alkanes of at least 4 members (excludes halogenated alkanes) is 1. The second-order valence-electron chi connectivity index (χ2n) is 6.02. The topological polar surface area (TPSA) is 90.9 Å². The van der Waals surface area contributed by atoms with Crippen molar-refractivity contribution in [1.29, 1.82) is 0 Å². The molecule has 0 fully saturated rings. The van der Waals surface area contributed by atoms with Gasteiger partial charge in [-0.1, -0.05) is 13.3 Å². The lowest BCUT2D eigenvalue weighted by molar-refractivity contribution is -0.149. The van der Waals surface area contributed by atoms with Crippen molar-refractivity contribution in [3.05, 3.63) is 59.9 Å². The van der Waals surface area contributed by atoms with Crippen LogP contribution in [0.2, 0.25) is 0 Å². The minimum absolute atomic E-state index is 0.307. The number of hydrogen-bond acceptors (Lipinski definition) is 6. The first-order chi connectivity index (χ1) is 14.0. The van der Waals surface area contributed by atoms with Gasteiger partial charge < -0.3 is 19.5 Å². The van der Waals surface area contributed by atoms with E-state index in [-0.39, 0.29) is 0 Å². The molecule has 0 atom stereocenters. The van der Waals surface area contributed by atoms with E-state index in [1.54, 1.807) is 12.1 Å². The molecule has 0 heterocycles. The maximum Gasteiger partial charge on any atom is 0.344 e. The van der Waals surface area contributed by atoms with Crippen molar-refractivity contribution >= 4 is 23.5 Å². The second-order valence-corrected chi connectivity index (χ2v) is 6.02. The van der Waals surface area contributed by atoms with E-state index in [0.29, 0.717) is 23.6 Å². The number of ether oxygens (including phenoxy) is 3. The van der Waals surface area contributed by atoms with E-state index in [2.05, 4.69) is 5.32 Å². The molecule has 0 saturated heterocycles. The highest BCUT2D eigenvalue weighted by molar-refractivity contribution is 5.94. The second kappa shape index (κ2) is 11.4. The summed E-state index contributed by atoms with van der Waals surface area (Å²) >= 11 is 0. The monoisotopic (exact) mass is 403 g/mol. The number of anilines is 1. The molecule has 7 nitrogen and oxygen atoms in total. The van der Waals surface area contributed by atoms with Crippen LogP contribution in [0.25, 0.3) is 0 Å². The molecule has 2 aromatic rings. The van der Waals surface area contributed by atoms with Crippen LogP contribution in [-0.2, 0) is 19.1 Å². The average molecular weight is 403 g/mol. The lowest BCUT2D eigenvalue weighted by Crippen LogP contribution is -2.23. The number of carbonyl (C=O) groups excluding carboxylic acids is 3. The molecule has 29 heavy (non-hydrogen) atoms. The molecule has 0 saturated carbocycles. The number of esters is 2. The van der Waals surface area contributed by atoms with Gasteiger partial charge in [0.1, 0.15) is 11.6 Å². The maximum atomic E-state index is 12.8. The van der Waals surface area contributed by atoms with E-state index in [9.17, 15) is 18.8 Å². The van der Waals surface area contributed by atoms with Gasteiger partial charge in [0.25, 0.3) is 5.91 Å². The number of carbonyl (C=O) groups is 3. The first-order valence-corrected chi connectivity index (χ1v) is 9.09. The van der Waals surface area contributed by atoms with Crippen molar-refractivity contribution in [2.75, 3.05) is 25.1 Å². The van der Waals surface area contributed by atoms with E-state index in [0.717, 1.165) is 12.8 Å². The van der Waals surface area contributed by atoms with Crippen molar-refractivity contribution in [1.82, 2.24) is 0 Å². The number of amides is 1. The third kappa shape index (κ3) is 8.00. The van der Waals surface area contributed by atoms with E-state index >= 15 is 0 Å². The van der Waals surface area contributed by atoms with Gasteiger partial charge in [0.05, 0.1) is 12.2 Å². The van der Waals surface area contributed by atoms with Gasteiger partial charge in [-0.05, 0) is 55.0 Å². The van der Waals surface area contributed by atoms with Crippen molar-refractivity contribution in [3.63, 3.8) is 0 Å². The smallest absolute Gasteiger partial charge is 0.344 e. The van der Waals surface area contributed by atoms with Crippen LogP contribution in [0.4, 0.5) is 10.1 Å². The average Bonchev–Trinajstić information content (AvgIpc) is 2.72. The summed E-state index contributed by atoms with van der Waals surface area (Å²) < 4.78 is 27.8. The van der Waals surface area contributed by atoms with Crippen LogP contribution in [-0.4, -0.2) is 37.7 Å². The number of halogens is 1. The Bertz CT molecular complexity index is 820. The van der Waals surface area contributed by atoms with Gasteiger partial charge >= 0.3 is 11.9 Å². The van der Waals surface area contributed by atoms with Gasteiger partial charge in [-0.2, -0.15) is 0 Å². The zero-order valence-electron chi connectivity index (χ0n) is 16.0. The SMILES string of the molecule is CCCCOC(=O)c1ccc(NC(=O)COC(=O)COc2ccc(F)cc2)cc1. The van der Waals surface area contributed by atoms with Crippen LogP contribution < -0.4 is 10.1 Å². The molecule has 0 bridgehead atoms. The van der Waals surface area contributed by atoms with Crippen molar-refractivity contribution in [2.24, 2.45) is 0 Å². The molecule has 8 heteroatoms. The summed E-state index contributed by atoms with van der Waals surface area (Å²) in [6, 6.07) is 11.3. The Balaban J connectivity index is 1.70. The summed E-state index contributed by atoms with van der Waals surface area (Å²) in [4.78, 5) is 35.3. The minimum Gasteiger partial charge on any atom is -0.482 e. The van der Waals surface area contributed by atoms with Crippen LogP contribution in [0.15, 0.2) is 48.5 Å². The Hall–Kier alpha value is -3.42. The number of hydrogen-bond donors (Lipinski definition) is 1. The number of nitrogens with one attached hydrogen (secondary N) is 1. The fourth-order valence-corrected chi connectivity index (χ4v) is 2.14. The third-order valence-electron chi connectivity index (χ3n) is 3.67. The van der Waals surface area contributed by atoms with Gasteiger partial charge in [-0.15, -0.1) is 0 Å². The molecule has 1 amide bonds. The fourth-order valence-electron chi connectivity index (χ4n) is 2.14. The first kappa shape index (κ1) is 21.9. The molecular weight excluding hydrogens is 381 g/mol. The molecule has 0 spiro atoms. The van der Waals surface area contributed by atoms with Crippen molar-refractivity contribution < 1.29 is 33.0 Å². The summed E-state index contributed by atoms with van der Waals surface area (Å²) in [6.07, 6.45) is 1.73. The standard InChI is InChI=1S/C21H22FNO6/c1-2-3-12-27-21(26)15-4-8-17(9-5-15)23-19(24)13-29-20(25)14-28-18-10-6-16(22)7-11-18/h4-11H,2-3,12-14H2,1H3,(H,23,24). The summed E-state index contributed by atoms with van der Waals surface area (Å²) in [6.45, 7) is 1.46. The van der Waals surface area contributed by atoms with Gasteiger partial charge in [-0.25, -0.2) is 14.0 Å². The molecule has 1 N–H and O–H groups in total. The quantitative estimate of drug-likeness (QED) is 0.483. The fraction of sp³-hybridized carbons (Fsp3) is 0.286.